The third kappa shape index (κ3) is 5.52. The van der Waals surface area contributed by atoms with Gasteiger partial charge >= 0.3 is 5.97 Å². The summed E-state index contributed by atoms with van der Waals surface area (Å²) in [5.74, 6) is -1.46. The van der Waals surface area contributed by atoms with Crippen molar-refractivity contribution < 1.29 is 23.8 Å². The second kappa shape index (κ2) is 9.16. The van der Waals surface area contributed by atoms with E-state index in [0.29, 0.717) is 18.7 Å². The van der Waals surface area contributed by atoms with E-state index in [2.05, 4.69) is 10.3 Å². The Kier molecular flexibility index (Phi) is 6.41. The molecule has 0 saturated carbocycles. The van der Waals surface area contributed by atoms with Gasteiger partial charge in [0.05, 0.1) is 10.6 Å². The van der Waals surface area contributed by atoms with Crippen molar-refractivity contribution >= 4 is 23.5 Å². The van der Waals surface area contributed by atoms with E-state index in [0.717, 1.165) is 5.56 Å². The highest BCUT2D eigenvalue weighted by Crippen LogP contribution is 2.25. The first-order valence-corrected chi connectivity index (χ1v) is 8.99. The second-order valence-corrected chi connectivity index (χ2v) is 6.51. The molecule has 148 valence electrons. The molecule has 0 bridgehead atoms. The Hall–Kier alpha value is -3.45. The molecule has 0 aliphatic heterocycles. The van der Waals surface area contributed by atoms with Crippen LogP contribution < -0.4 is 10.1 Å². The van der Waals surface area contributed by atoms with E-state index in [4.69, 9.17) is 21.4 Å². The number of carbonyl (C=O) groups is 2. The summed E-state index contributed by atoms with van der Waals surface area (Å²) in [6.45, 7) is 0.313. The Morgan fingerprint density at radius 1 is 1.10 bits per heavy atom. The molecule has 0 radical (unpaired) electrons. The van der Waals surface area contributed by atoms with Crippen molar-refractivity contribution in [1.82, 2.24) is 10.3 Å². The number of rotatable bonds is 7. The number of hydrogen-bond acceptors (Lipinski definition) is 4. The average Bonchev–Trinajstić information content (AvgIpc) is 2.71. The molecule has 1 heterocycles. The first-order chi connectivity index (χ1) is 13.9. The number of halogens is 2. The molecule has 6 nitrogen and oxygen atoms in total. The van der Waals surface area contributed by atoms with Crippen LogP contribution >= 0.6 is 11.6 Å². The fourth-order valence-electron chi connectivity index (χ4n) is 2.51. The van der Waals surface area contributed by atoms with E-state index in [1.807, 2.05) is 0 Å². The third-order valence-electron chi connectivity index (χ3n) is 3.99. The molecule has 3 aromatic rings. The number of hydrogen-bond donors (Lipinski definition) is 2. The Bertz CT molecular complexity index is 1020. The average molecular weight is 415 g/mol. The van der Waals surface area contributed by atoms with Gasteiger partial charge in [-0.1, -0.05) is 23.7 Å². The number of ether oxygens (including phenoxy) is 1. The minimum absolute atomic E-state index is 0.0457. The molecular formula is C21H16ClFN2O4. The van der Waals surface area contributed by atoms with Gasteiger partial charge in [-0.2, -0.15) is 0 Å². The molecule has 0 aliphatic carbocycles. The van der Waals surface area contributed by atoms with Crippen LogP contribution in [0.25, 0.3) is 0 Å². The van der Waals surface area contributed by atoms with Crippen LogP contribution in [0, 0.1) is 5.82 Å². The van der Waals surface area contributed by atoms with Gasteiger partial charge in [-0.15, -0.1) is 0 Å². The molecular weight excluding hydrogens is 399 g/mol. The number of nitrogens with one attached hydrogen (secondary N) is 1. The van der Waals surface area contributed by atoms with Crippen LogP contribution in [0.3, 0.4) is 0 Å². The Morgan fingerprint density at radius 3 is 2.45 bits per heavy atom. The number of aromatic carboxylic acids is 1. The van der Waals surface area contributed by atoms with E-state index in [9.17, 15) is 14.0 Å². The van der Waals surface area contributed by atoms with Crippen LogP contribution in [0.4, 0.5) is 4.39 Å². The first-order valence-electron chi connectivity index (χ1n) is 8.62. The second-order valence-electron chi connectivity index (χ2n) is 6.07. The zero-order valence-electron chi connectivity index (χ0n) is 15.1. The summed E-state index contributed by atoms with van der Waals surface area (Å²) in [7, 11) is 0. The molecule has 0 unspecified atom stereocenters. The van der Waals surface area contributed by atoms with E-state index in [1.54, 1.807) is 12.1 Å². The molecule has 3 rings (SSSR count). The topological polar surface area (TPSA) is 88.5 Å². The number of nitrogens with zero attached hydrogens (tertiary/aromatic N) is 1. The van der Waals surface area contributed by atoms with Crippen molar-refractivity contribution in [3.8, 4) is 11.6 Å². The van der Waals surface area contributed by atoms with Crippen molar-refractivity contribution in [2.24, 2.45) is 0 Å². The quantitative estimate of drug-likeness (QED) is 0.600. The fourth-order valence-corrected chi connectivity index (χ4v) is 2.67. The molecule has 8 heteroatoms. The number of aromatic nitrogens is 1. The largest absolute Gasteiger partial charge is 0.478 e. The van der Waals surface area contributed by atoms with Crippen LogP contribution in [0.15, 0.2) is 60.8 Å². The van der Waals surface area contributed by atoms with Gasteiger partial charge < -0.3 is 15.2 Å². The van der Waals surface area contributed by atoms with Gasteiger partial charge in [0, 0.05) is 12.7 Å². The number of benzene rings is 2. The number of carbonyl (C=O) groups excluding carboxylic acids is 1. The predicted octanol–water partition coefficient (Wildman–Crippen LogP) is 4.34. The monoisotopic (exact) mass is 414 g/mol. The lowest BCUT2D eigenvalue weighted by atomic mass is 10.1. The normalized spacial score (nSPS) is 10.4. The summed E-state index contributed by atoms with van der Waals surface area (Å²) in [5.41, 5.74) is 1.22. The van der Waals surface area contributed by atoms with E-state index >= 15 is 0 Å². The highest BCUT2D eigenvalue weighted by Gasteiger charge is 2.16. The molecule has 2 aromatic carbocycles. The standard InChI is InChI=1S/C21H16ClFN2O4/c22-15-11-18(20(25-12-15)29-17-7-5-16(23)6-8-17)19(26)24-10-9-13-1-3-14(4-2-13)21(27)28/h1-8,11-12H,9-10H2,(H,24,26)(H,27,28). The minimum Gasteiger partial charge on any atom is -0.478 e. The van der Waals surface area contributed by atoms with Crippen molar-refractivity contribution in [2.45, 2.75) is 6.42 Å². The molecule has 0 spiro atoms. The minimum atomic E-state index is -0.994. The van der Waals surface area contributed by atoms with E-state index < -0.39 is 17.7 Å². The lowest BCUT2D eigenvalue weighted by Gasteiger charge is -2.11. The predicted molar refractivity (Wildman–Crippen MR) is 105 cm³/mol. The highest BCUT2D eigenvalue weighted by molar-refractivity contribution is 6.30. The number of pyridine rings is 1. The molecule has 29 heavy (non-hydrogen) atoms. The molecule has 0 aliphatic rings. The van der Waals surface area contributed by atoms with Gasteiger partial charge in [-0.3, -0.25) is 4.79 Å². The Morgan fingerprint density at radius 2 is 1.79 bits per heavy atom. The summed E-state index contributed by atoms with van der Waals surface area (Å²) in [4.78, 5) is 27.5. The van der Waals surface area contributed by atoms with E-state index in [-0.39, 0.29) is 22.0 Å². The maximum atomic E-state index is 13.0. The number of amides is 1. The Labute approximate surface area is 170 Å². The van der Waals surface area contributed by atoms with E-state index in [1.165, 1.54) is 48.7 Å². The zero-order valence-corrected chi connectivity index (χ0v) is 15.8. The number of carboxylic acids is 1. The summed E-state index contributed by atoms with van der Waals surface area (Å²) in [6, 6.07) is 13.2. The summed E-state index contributed by atoms with van der Waals surface area (Å²) < 4.78 is 18.6. The zero-order chi connectivity index (χ0) is 20.8. The molecule has 0 fully saturated rings. The number of carboxylic acid groups (broad SMARTS) is 1. The van der Waals surface area contributed by atoms with Crippen LogP contribution in [-0.4, -0.2) is 28.5 Å². The Balaban J connectivity index is 1.65. The highest BCUT2D eigenvalue weighted by atomic mass is 35.5. The molecule has 2 N–H and O–H groups in total. The van der Waals surface area contributed by atoms with Crippen LogP contribution in [0.2, 0.25) is 5.02 Å². The van der Waals surface area contributed by atoms with Crippen LogP contribution in [0.5, 0.6) is 11.6 Å². The summed E-state index contributed by atoms with van der Waals surface area (Å²) in [5, 5.41) is 11.9. The molecule has 0 saturated heterocycles. The van der Waals surface area contributed by atoms with Gasteiger partial charge in [0.2, 0.25) is 5.88 Å². The van der Waals surface area contributed by atoms with Crippen LogP contribution in [0.1, 0.15) is 26.3 Å². The lowest BCUT2D eigenvalue weighted by Crippen LogP contribution is -2.26. The van der Waals surface area contributed by atoms with Gasteiger partial charge in [0.15, 0.2) is 0 Å². The molecule has 1 aromatic heterocycles. The van der Waals surface area contributed by atoms with Crippen molar-refractivity contribution in [2.75, 3.05) is 6.54 Å². The molecule has 0 atom stereocenters. The van der Waals surface area contributed by atoms with Crippen molar-refractivity contribution in [1.29, 1.82) is 0 Å². The maximum Gasteiger partial charge on any atom is 0.335 e. The van der Waals surface area contributed by atoms with Gasteiger partial charge in [0.1, 0.15) is 17.1 Å². The van der Waals surface area contributed by atoms with Crippen molar-refractivity contribution in [3.63, 3.8) is 0 Å². The smallest absolute Gasteiger partial charge is 0.335 e. The SMILES string of the molecule is O=C(O)c1ccc(CCNC(=O)c2cc(Cl)cnc2Oc2ccc(F)cc2)cc1. The third-order valence-corrected chi connectivity index (χ3v) is 4.20. The van der Waals surface area contributed by atoms with Crippen molar-refractivity contribution in [3.05, 3.63) is 88.3 Å². The first kappa shape index (κ1) is 20.3. The van der Waals surface area contributed by atoms with Gasteiger partial charge in [-0.05, 0) is 54.4 Å². The lowest BCUT2D eigenvalue weighted by molar-refractivity contribution is 0.0696. The van der Waals surface area contributed by atoms with Crippen LogP contribution in [-0.2, 0) is 6.42 Å². The summed E-state index contributed by atoms with van der Waals surface area (Å²) >= 11 is 5.96. The molecule has 1 amide bonds. The summed E-state index contributed by atoms with van der Waals surface area (Å²) in [6.07, 6.45) is 1.86. The van der Waals surface area contributed by atoms with Gasteiger partial charge in [-0.25, -0.2) is 14.2 Å². The fraction of sp³-hybridized carbons (Fsp3) is 0.0952. The maximum absolute atomic E-state index is 13.0. The van der Waals surface area contributed by atoms with Gasteiger partial charge in [0.25, 0.3) is 5.91 Å².